The molecule has 94 valence electrons. The first-order valence-electron chi connectivity index (χ1n) is 5.71. The lowest BCUT2D eigenvalue weighted by Gasteiger charge is -2.25. The van der Waals surface area contributed by atoms with Gasteiger partial charge in [0.15, 0.2) is 17.5 Å². The number of rotatable bonds is 1. The molecule has 0 spiro atoms. The molecule has 1 heterocycles. The molecular weight excluding hydrogens is 229 g/mol. The zero-order valence-electron chi connectivity index (χ0n) is 9.64. The van der Waals surface area contributed by atoms with Crippen LogP contribution in [0.2, 0.25) is 0 Å². The molecule has 1 atom stereocenters. The molecule has 1 aromatic carbocycles. The Hall–Kier alpha value is -1.23. The van der Waals surface area contributed by atoms with Crippen molar-refractivity contribution in [1.82, 2.24) is 5.32 Å². The van der Waals surface area contributed by atoms with E-state index in [2.05, 4.69) is 5.32 Å². The van der Waals surface area contributed by atoms with E-state index in [1.807, 2.05) is 6.92 Å². The quantitative estimate of drug-likeness (QED) is 0.762. The van der Waals surface area contributed by atoms with Gasteiger partial charge in [0.1, 0.15) is 0 Å². The van der Waals surface area contributed by atoms with Crippen LogP contribution in [-0.2, 0) is 0 Å². The normalized spacial score (nSPS) is 21.4. The van der Waals surface area contributed by atoms with Gasteiger partial charge in [0.25, 0.3) is 0 Å². The lowest BCUT2D eigenvalue weighted by Crippen LogP contribution is -2.35. The third-order valence-electron chi connectivity index (χ3n) is 2.95. The van der Waals surface area contributed by atoms with Crippen molar-refractivity contribution in [1.29, 1.82) is 0 Å². The maximum atomic E-state index is 13.6. The van der Waals surface area contributed by atoms with Crippen molar-refractivity contribution in [2.45, 2.75) is 19.4 Å². The van der Waals surface area contributed by atoms with E-state index in [4.69, 9.17) is 0 Å². The largest absolute Gasteiger partial charge is 0.367 e. The molecule has 0 bridgehead atoms. The summed E-state index contributed by atoms with van der Waals surface area (Å²) in [7, 11) is 0. The van der Waals surface area contributed by atoms with Gasteiger partial charge in [-0.25, -0.2) is 13.2 Å². The van der Waals surface area contributed by atoms with Gasteiger partial charge in [0, 0.05) is 19.1 Å². The summed E-state index contributed by atoms with van der Waals surface area (Å²) >= 11 is 0. The average molecular weight is 244 g/mol. The van der Waals surface area contributed by atoms with Gasteiger partial charge in [-0.3, -0.25) is 0 Å². The molecule has 17 heavy (non-hydrogen) atoms. The highest BCUT2D eigenvalue weighted by atomic mass is 19.2. The van der Waals surface area contributed by atoms with Crippen LogP contribution in [0.25, 0.3) is 0 Å². The summed E-state index contributed by atoms with van der Waals surface area (Å²) in [6.07, 6.45) is 0.850. The van der Waals surface area contributed by atoms with E-state index in [9.17, 15) is 13.2 Å². The lowest BCUT2D eigenvalue weighted by molar-refractivity contribution is 0.445. The van der Waals surface area contributed by atoms with Crippen molar-refractivity contribution >= 4 is 5.69 Å². The molecule has 1 aliphatic heterocycles. The summed E-state index contributed by atoms with van der Waals surface area (Å²) in [6, 6.07) is 2.47. The molecule has 1 N–H and O–H groups in total. The van der Waals surface area contributed by atoms with E-state index in [1.165, 1.54) is 6.07 Å². The topological polar surface area (TPSA) is 15.3 Å². The molecule has 1 aromatic rings. The second-order valence-electron chi connectivity index (χ2n) is 4.35. The summed E-state index contributed by atoms with van der Waals surface area (Å²) in [5.74, 6) is -3.64. The molecule has 2 rings (SSSR count). The van der Waals surface area contributed by atoms with Crippen LogP contribution < -0.4 is 10.2 Å². The molecule has 0 aromatic heterocycles. The van der Waals surface area contributed by atoms with Crippen LogP contribution >= 0.6 is 0 Å². The summed E-state index contributed by atoms with van der Waals surface area (Å²) in [6.45, 7) is 4.06. The highest BCUT2D eigenvalue weighted by molar-refractivity contribution is 5.48. The minimum Gasteiger partial charge on any atom is -0.367 e. The van der Waals surface area contributed by atoms with Crippen LogP contribution in [0.4, 0.5) is 18.9 Å². The van der Waals surface area contributed by atoms with Gasteiger partial charge in [-0.05, 0) is 32.0 Å². The molecule has 5 heteroatoms. The summed E-state index contributed by atoms with van der Waals surface area (Å²) in [5.41, 5.74) is 0.138. The van der Waals surface area contributed by atoms with Crippen LogP contribution in [0, 0.1) is 17.5 Å². The Kier molecular flexibility index (Phi) is 3.57. The number of halogens is 3. The molecular formula is C12H15F3N2. The number of hydrogen-bond donors (Lipinski definition) is 1. The molecule has 0 amide bonds. The first-order valence-corrected chi connectivity index (χ1v) is 5.71. The van der Waals surface area contributed by atoms with Crippen molar-refractivity contribution < 1.29 is 13.2 Å². The van der Waals surface area contributed by atoms with E-state index in [0.717, 1.165) is 19.0 Å². The van der Waals surface area contributed by atoms with Crippen molar-refractivity contribution in [3.05, 3.63) is 29.6 Å². The van der Waals surface area contributed by atoms with Gasteiger partial charge in [0.2, 0.25) is 0 Å². The molecule has 2 nitrogen and oxygen atoms in total. The molecule has 0 radical (unpaired) electrons. The maximum Gasteiger partial charge on any atom is 0.196 e. The van der Waals surface area contributed by atoms with E-state index in [-0.39, 0.29) is 11.7 Å². The molecule has 0 aliphatic carbocycles. The smallest absolute Gasteiger partial charge is 0.196 e. The van der Waals surface area contributed by atoms with Gasteiger partial charge in [-0.1, -0.05) is 0 Å². The Balaban J connectivity index is 2.29. The van der Waals surface area contributed by atoms with E-state index in [1.54, 1.807) is 4.90 Å². The van der Waals surface area contributed by atoms with Gasteiger partial charge in [-0.2, -0.15) is 0 Å². The maximum absolute atomic E-state index is 13.6. The zero-order valence-corrected chi connectivity index (χ0v) is 9.64. The number of benzene rings is 1. The summed E-state index contributed by atoms with van der Waals surface area (Å²) in [5, 5.41) is 3.26. The van der Waals surface area contributed by atoms with Crippen molar-refractivity contribution in [3.63, 3.8) is 0 Å². The lowest BCUT2D eigenvalue weighted by atomic mass is 10.2. The minimum atomic E-state index is -1.40. The van der Waals surface area contributed by atoms with Crippen molar-refractivity contribution in [2.75, 3.05) is 24.5 Å². The van der Waals surface area contributed by atoms with E-state index in [0.29, 0.717) is 13.1 Å². The van der Waals surface area contributed by atoms with Crippen LogP contribution in [0.3, 0.4) is 0 Å². The first kappa shape index (κ1) is 12.2. The monoisotopic (exact) mass is 244 g/mol. The Bertz CT molecular complexity index is 409. The SMILES string of the molecule is CC1CN(c2ccc(F)c(F)c2F)CCCN1. The Labute approximate surface area is 98.4 Å². The molecule has 1 saturated heterocycles. The van der Waals surface area contributed by atoms with Crippen LogP contribution in [0.1, 0.15) is 13.3 Å². The molecule has 1 unspecified atom stereocenters. The average Bonchev–Trinajstić information content (AvgIpc) is 2.51. The van der Waals surface area contributed by atoms with Gasteiger partial charge in [-0.15, -0.1) is 0 Å². The summed E-state index contributed by atoms with van der Waals surface area (Å²) in [4.78, 5) is 1.75. The van der Waals surface area contributed by atoms with E-state index < -0.39 is 17.5 Å². The fraction of sp³-hybridized carbons (Fsp3) is 0.500. The Morgan fingerprint density at radius 1 is 1.24 bits per heavy atom. The summed E-state index contributed by atoms with van der Waals surface area (Å²) < 4.78 is 39.6. The van der Waals surface area contributed by atoms with Gasteiger partial charge < -0.3 is 10.2 Å². The third kappa shape index (κ3) is 2.54. The van der Waals surface area contributed by atoms with Crippen LogP contribution in [-0.4, -0.2) is 25.7 Å². The Morgan fingerprint density at radius 3 is 2.76 bits per heavy atom. The van der Waals surface area contributed by atoms with Crippen molar-refractivity contribution in [3.8, 4) is 0 Å². The van der Waals surface area contributed by atoms with Crippen LogP contribution in [0.15, 0.2) is 12.1 Å². The predicted octanol–water partition coefficient (Wildman–Crippen LogP) is 2.29. The fourth-order valence-electron chi connectivity index (χ4n) is 2.08. The standard InChI is InChI=1S/C12H15F3N2/c1-8-7-17(6-2-5-16-8)10-4-3-9(13)11(14)12(10)15/h3-4,8,16H,2,5-7H2,1H3. The highest BCUT2D eigenvalue weighted by Crippen LogP contribution is 2.24. The second-order valence-corrected chi connectivity index (χ2v) is 4.35. The molecule has 1 fully saturated rings. The molecule has 1 aliphatic rings. The van der Waals surface area contributed by atoms with Gasteiger partial charge >= 0.3 is 0 Å². The minimum absolute atomic E-state index is 0.138. The van der Waals surface area contributed by atoms with E-state index >= 15 is 0 Å². The zero-order chi connectivity index (χ0) is 12.4. The van der Waals surface area contributed by atoms with Crippen molar-refractivity contribution in [2.24, 2.45) is 0 Å². The number of nitrogens with one attached hydrogen (secondary N) is 1. The Morgan fingerprint density at radius 2 is 2.00 bits per heavy atom. The van der Waals surface area contributed by atoms with Crippen LogP contribution in [0.5, 0.6) is 0 Å². The predicted molar refractivity (Wildman–Crippen MR) is 60.6 cm³/mol. The number of anilines is 1. The third-order valence-corrected chi connectivity index (χ3v) is 2.95. The van der Waals surface area contributed by atoms with Gasteiger partial charge in [0.05, 0.1) is 5.69 Å². The number of hydrogen-bond acceptors (Lipinski definition) is 2. The second kappa shape index (κ2) is 4.96. The first-order chi connectivity index (χ1) is 8.09. The fourth-order valence-corrected chi connectivity index (χ4v) is 2.08. The highest BCUT2D eigenvalue weighted by Gasteiger charge is 2.21. The molecule has 0 saturated carbocycles. The number of nitrogens with zero attached hydrogens (tertiary/aromatic N) is 1.